The molecule has 0 bridgehead atoms. The minimum atomic E-state index is 0.0892. The van der Waals surface area contributed by atoms with E-state index in [2.05, 4.69) is 6.92 Å². The van der Waals surface area contributed by atoms with E-state index in [1.54, 1.807) is 26.2 Å². The Kier molecular flexibility index (Phi) is 6.39. The predicted octanol–water partition coefficient (Wildman–Crippen LogP) is 4.76. The minimum absolute atomic E-state index is 0.0892. The van der Waals surface area contributed by atoms with Crippen LogP contribution in [0.2, 0.25) is 0 Å². The molecule has 2 atom stereocenters. The molecule has 0 fully saturated rings. The number of benzene rings is 2. The van der Waals surface area contributed by atoms with Crippen molar-refractivity contribution in [2.24, 2.45) is 0 Å². The number of aromatic hydroxyl groups is 1. The molecule has 0 radical (unpaired) electrons. The van der Waals surface area contributed by atoms with Gasteiger partial charge in [-0.25, -0.2) is 0 Å². The summed E-state index contributed by atoms with van der Waals surface area (Å²) in [6.07, 6.45) is 1.96. The summed E-state index contributed by atoms with van der Waals surface area (Å²) in [5, 5.41) is 11.4. The number of methoxy groups -OCH3 is 1. The maximum Gasteiger partial charge on any atom is 0.160 e. The van der Waals surface area contributed by atoms with Crippen LogP contribution in [-0.4, -0.2) is 18.0 Å². The Morgan fingerprint density at radius 2 is 2.00 bits per heavy atom. The minimum Gasteiger partial charge on any atom is -0.508 e. The molecule has 24 heavy (non-hydrogen) atoms. The van der Waals surface area contributed by atoms with Crippen molar-refractivity contribution in [2.75, 3.05) is 7.11 Å². The second-order valence-corrected chi connectivity index (χ2v) is 7.54. The van der Waals surface area contributed by atoms with Crippen molar-refractivity contribution in [3.8, 4) is 11.5 Å². The van der Waals surface area contributed by atoms with Gasteiger partial charge in [-0.15, -0.1) is 0 Å². The molecule has 0 spiro atoms. The van der Waals surface area contributed by atoms with Gasteiger partial charge < -0.3 is 9.84 Å². The molecule has 0 aliphatic heterocycles. The number of ether oxygens (including phenoxy) is 1. The molecular formula is C20H25O3P. The average Bonchev–Trinajstić information content (AvgIpc) is 2.56. The summed E-state index contributed by atoms with van der Waals surface area (Å²) < 4.78 is 5.30. The highest BCUT2D eigenvalue weighted by Gasteiger charge is 2.19. The SMILES string of the molecule is CCCC(Pc1ccc(C)cc1C(C)=O)c1cc(OC)ccc1O. The summed E-state index contributed by atoms with van der Waals surface area (Å²) in [6.45, 7) is 5.74. The number of phenols is 1. The van der Waals surface area contributed by atoms with E-state index in [0.29, 0.717) is 14.3 Å². The molecule has 0 aliphatic rings. The summed E-state index contributed by atoms with van der Waals surface area (Å²) >= 11 is 0. The molecule has 0 amide bonds. The zero-order valence-electron chi connectivity index (χ0n) is 14.7. The number of aryl methyl sites for hydroxylation is 1. The Bertz CT molecular complexity index is 725. The van der Waals surface area contributed by atoms with Crippen molar-refractivity contribution in [1.82, 2.24) is 0 Å². The van der Waals surface area contributed by atoms with Gasteiger partial charge >= 0.3 is 0 Å². The third-order valence-corrected chi connectivity index (χ3v) is 5.77. The van der Waals surface area contributed by atoms with Crippen molar-refractivity contribution in [3.63, 3.8) is 0 Å². The van der Waals surface area contributed by atoms with Gasteiger partial charge in [-0.2, -0.15) is 0 Å². The van der Waals surface area contributed by atoms with Gasteiger partial charge in [0.25, 0.3) is 0 Å². The molecule has 2 aromatic rings. The first-order chi connectivity index (χ1) is 11.5. The standard InChI is InChI=1S/C20H25O3P/c1-5-6-19(17-12-15(23-4)8-9-18(17)22)24-20-10-7-13(2)11-16(20)14(3)21/h7-12,19,22,24H,5-6H2,1-4H3. The van der Waals surface area contributed by atoms with Crippen LogP contribution in [0.4, 0.5) is 0 Å². The van der Waals surface area contributed by atoms with Gasteiger partial charge in [0.15, 0.2) is 5.78 Å². The molecule has 0 heterocycles. The highest BCUT2D eigenvalue weighted by molar-refractivity contribution is 7.47. The van der Waals surface area contributed by atoms with Gasteiger partial charge in [-0.3, -0.25) is 4.79 Å². The topological polar surface area (TPSA) is 46.5 Å². The van der Waals surface area contributed by atoms with Crippen LogP contribution in [0.15, 0.2) is 36.4 Å². The molecule has 0 aromatic heterocycles. The third kappa shape index (κ3) is 4.36. The van der Waals surface area contributed by atoms with Crippen molar-refractivity contribution in [2.45, 2.75) is 39.3 Å². The number of carbonyl (C=O) groups excluding carboxylic acids is 1. The highest BCUT2D eigenvalue weighted by atomic mass is 31.1. The smallest absolute Gasteiger partial charge is 0.160 e. The lowest BCUT2D eigenvalue weighted by Crippen LogP contribution is -2.11. The van der Waals surface area contributed by atoms with E-state index in [9.17, 15) is 9.90 Å². The average molecular weight is 344 g/mol. The fourth-order valence-corrected chi connectivity index (χ4v) is 4.57. The number of phenolic OH excluding ortho intramolecular Hbond substituents is 1. The summed E-state index contributed by atoms with van der Waals surface area (Å²) in [7, 11) is 2.05. The van der Waals surface area contributed by atoms with Gasteiger partial charge in [0, 0.05) is 16.8 Å². The zero-order valence-corrected chi connectivity index (χ0v) is 15.7. The van der Waals surface area contributed by atoms with Crippen LogP contribution in [0.25, 0.3) is 0 Å². The van der Waals surface area contributed by atoms with Gasteiger partial charge in [0.05, 0.1) is 7.11 Å². The predicted molar refractivity (Wildman–Crippen MR) is 101 cm³/mol. The van der Waals surface area contributed by atoms with Crippen LogP contribution < -0.4 is 10.0 Å². The van der Waals surface area contributed by atoms with E-state index in [-0.39, 0.29) is 11.4 Å². The second-order valence-electron chi connectivity index (χ2n) is 6.02. The molecule has 2 aromatic carbocycles. The summed E-state index contributed by atoms with van der Waals surface area (Å²) in [5.74, 6) is 1.12. The van der Waals surface area contributed by atoms with E-state index < -0.39 is 0 Å². The fourth-order valence-electron chi connectivity index (χ4n) is 2.80. The Morgan fingerprint density at radius 3 is 2.62 bits per heavy atom. The number of carbonyl (C=O) groups is 1. The first kappa shape index (κ1) is 18.5. The first-order valence-electron chi connectivity index (χ1n) is 8.21. The van der Waals surface area contributed by atoms with Crippen molar-refractivity contribution < 1.29 is 14.6 Å². The Balaban J connectivity index is 2.41. The molecule has 0 saturated carbocycles. The maximum absolute atomic E-state index is 12.0. The fraction of sp³-hybridized carbons (Fsp3) is 0.350. The Morgan fingerprint density at radius 1 is 1.25 bits per heavy atom. The largest absolute Gasteiger partial charge is 0.508 e. The summed E-state index contributed by atoms with van der Waals surface area (Å²) in [6, 6.07) is 11.4. The lowest BCUT2D eigenvalue weighted by Gasteiger charge is -2.20. The maximum atomic E-state index is 12.0. The molecule has 2 unspecified atom stereocenters. The Hall–Kier alpha value is -1.86. The first-order valence-corrected chi connectivity index (χ1v) is 9.29. The van der Waals surface area contributed by atoms with Crippen LogP contribution in [0, 0.1) is 6.92 Å². The molecular weight excluding hydrogens is 319 g/mol. The molecule has 2 rings (SSSR count). The number of rotatable bonds is 7. The van der Waals surface area contributed by atoms with E-state index in [4.69, 9.17) is 4.74 Å². The summed E-state index contributed by atoms with van der Waals surface area (Å²) in [4.78, 5) is 12.0. The zero-order chi connectivity index (χ0) is 17.7. The molecule has 0 aliphatic carbocycles. The normalized spacial score (nSPS) is 12.5. The highest BCUT2D eigenvalue weighted by Crippen LogP contribution is 2.43. The molecule has 4 heteroatoms. The number of ketones is 1. The van der Waals surface area contributed by atoms with Gasteiger partial charge in [-0.05, 0) is 49.8 Å². The van der Waals surface area contributed by atoms with E-state index in [0.717, 1.165) is 40.6 Å². The molecule has 3 nitrogen and oxygen atoms in total. The lowest BCUT2D eigenvalue weighted by molar-refractivity contribution is 0.101. The van der Waals surface area contributed by atoms with Crippen LogP contribution >= 0.6 is 8.58 Å². The van der Waals surface area contributed by atoms with Gasteiger partial charge in [0.1, 0.15) is 11.5 Å². The van der Waals surface area contributed by atoms with Crippen molar-refractivity contribution in [3.05, 3.63) is 53.1 Å². The van der Waals surface area contributed by atoms with Crippen LogP contribution in [0.5, 0.6) is 11.5 Å². The van der Waals surface area contributed by atoms with Crippen molar-refractivity contribution >= 4 is 19.7 Å². The summed E-state index contributed by atoms with van der Waals surface area (Å²) in [5.41, 5.74) is 2.94. The third-order valence-electron chi connectivity index (χ3n) is 4.07. The number of hydrogen-bond donors (Lipinski definition) is 1. The van der Waals surface area contributed by atoms with E-state index >= 15 is 0 Å². The number of hydrogen-bond acceptors (Lipinski definition) is 3. The second kappa shape index (κ2) is 8.30. The van der Waals surface area contributed by atoms with Crippen molar-refractivity contribution in [1.29, 1.82) is 0 Å². The van der Waals surface area contributed by atoms with Crippen LogP contribution in [0.3, 0.4) is 0 Å². The van der Waals surface area contributed by atoms with Gasteiger partial charge in [-0.1, -0.05) is 39.6 Å². The molecule has 0 saturated heterocycles. The Labute approximate surface area is 145 Å². The quantitative estimate of drug-likeness (QED) is 0.582. The molecule has 1 N–H and O–H groups in total. The monoisotopic (exact) mass is 344 g/mol. The lowest BCUT2D eigenvalue weighted by atomic mass is 10.1. The molecule has 128 valence electrons. The van der Waals surface area contributed by atoms with Crippen LogP contribution in [0.1, 0.15) is 53.8 Å². The number of Topliss-reactive ketones (excluding diaryl/α,β-unsaturated/α-hetero) is 1. The van der Waals surface area contributed by atoms with Gasteiger partial charge in [0.2, 0.25) is 0 Å². The van der Waals surface area contributed by atoms with Crippen LogP contribution in [-0.2, 0) is 0 Å². The van der Waals surface area contributed by atoms with E-state index in [1.165, 1.54) is 0 Å². The van der Waals surface area contributed by atoms with E-state index in [1.807, 2.05) is 31.2 Å².